The number of rotatable bonds is 3. The van der Waals surface area contributed by atoms with Gasteiger partial charge >= 0.3 is 0 Å². The van der Waals surface area contributed by atoms with Gasteiger partial charge in [0.25, 0.3) is 0 Å². The fourth-order valence-electron chi connectivity index (χ4n) is 2.46. The van der Waals surface area contributed by atoms with Crippen LogP contribution in [0.1, 0.15) is 24.0 Å². The molecule has 3 nitrogen and oxygen atoms in total. The molecule has 1 saturated heterocycles. The molecule has 0 aromatic heterocycles. The van der Waals surface area contributed by atoms with Crippen LogP contribution >= 0.6 is 0 Å². The van der Waals surface area contributed by atoms with Crippen LogP contribution in [0.5, 0.6) is 0 Å². The Bertz CT molecular complexity index is 438. The zero-order valence-electron chi connectivity index (χ0n) is 10.1. The van der Waals surface area contributed by atoms with Gasteiger partial charge in [0.15, 0.2) is 0 Å². The lowest BCUT2D eigenvalue weighted by Gasteiger charge is -2.15. The maximum absolute atomic E-state index is 5.82. The number of amidine groups is 1. The van der Waals surface area contributed by atoms with Crippen molar-refractivity contribution in [2.45, 2.75) is 44.4 Å². The Labute approximate surface area is 102 Å². The zero-order chi connectivity index (χ0) is 11.8. The van der Waals surface area contributed by atoms with Gasteiger partial charge in [-0.3, -0.25) is 4.99 Å². The van der Waals surface area contributed by atoms with Crippen LogP contribution in [-0.4, -0.2) is 24.1 Å². The third-order valence-corrected chi connectivity index (χ3v) is 3.60. The fourth-order valence-corrected chi connectivity index (χ4v) is 2.46. The van der Waals surface area contributed by atoms with Gasteiger partial charge in [0.2, 0.25) is 0 Å². The molecule has 90 valence electrons. The molecule has 0 spiro atoms. The molecule has 2 aliphatic rings. The summed E-state index contributed by atoms with van der Waals surface area (Å²) in [5, 5.41) is 0. The maximum atomic E-state index is 5.82. The Morgan fingerprint density at radius 1 is 1.35 bits per heavy atom. The van der Waals surface area contributed by atoms with Crippen molar-refractivity contribution in [3.63, 3.8) is 0 Å². The van der Waals surface area contributed by atoms with E-state index in [4.69, 9.17) is 10.5 Å². The topological polar surface area (TPSA) is 50.9 Å². The highest BCUT2D eigenvalue weighted by molar-refractivity contribution is 5.88. The number of hydrogen-bond acceptors (Lipinski definition) is 3. The molecule has 2 unspecified atom stereocenters. The number of nitrogens with zero attached hydrogens (tertiary/aromatic N) is 1. The van der Waals surface area contributed by atoms with Crippen molar-refractivity contribution in [3.05, 3.63) is 35.4 Å². The Balaban J connectivity index is 1.58. The number of fused-ring (bicyclic) bond motifs is 1. The fraction of sp³-hybridized carbons (Fsp3) is 0.500. The number of aryl methyl sites for hydroxylation is 2. The predicted molar refractivity (Wildman–Crippen MR) is 68.2 cm³/mol. The zero-order valence-corrected chi connectivity index (χ0v) is 10.1. The molecule has 17 heavy (non-hydrogen) atoms. The Morgan fingerprint density at radius 3 is 2.82 bits per heavy atom. The highest BCUT2D eigenvalue weighted by Crippen LogP contribution is 2.33. The van der Waals surface area contributed by atoms with Crippen LogP contribution in [0.4, 0.5) is 0 Å². The van der Waals surface area contributed by atoms with E-state index in [0.29, 0.717) is 18.0 Å². The molecule has 1 aromatic carbocycles. The highest BCUT2D eigenvalue weighted by Gasteiger charge is 2.46. The second-order valence-corrected chi connectivity index (χ2v) is 5.06. The molecule has 3 atom stereocenters. The van der Waals surface area contributed by atoms with E-state index in [1.54, 1.807) is 0 Å². The second kappa shape index (κ2) is 4.15. The third kappa shape index (κ3) is 2.34. The molecule has 2 N–H and O–H groups in total. The summed E-state index contributed by atoms with van der Waals surface area (Å²) < 4.78 is 5.43. The van der Waals surface area contributed by atoms with E-state index in [-0.39, 0.29) is 6.10 Å². The molecule has 0 bridgehead atoms. The number of aliphatic imine (C=N–C) groups is 1. The Kier molecular flexibility index (Phi) is 2.63. The van der Waals surface area contributed by atoms with Gasteiger partial charge in [-0.05, 0) is 31.7 Å². The van der Waals surface area contributed by atoms with Gasteiger partial charge in [0.1, 0.15) is 11.9 Å². The highest BCUT2D eigenvalue weighted by atomic mass is 16.6. The molecule has 3 rings (SSSR count). The van der Waals surface area contributed by atoms with Crippen LogP contribution in [0, 0.1) is 6.92 Å². The lowest BCUT2D eigenvalue weighted by atomic mass is 9.98. The molecular weight excluding hydrogens is 212 g/mol. The van der Waals surface area contributed by atoms with Crippen molar-refractivity contribution in [1.29, 1.82) is 0 Å². The van der Waals surface area contributed by atoms with Crippen molar-refractivity contribution < 1.29 is 4.74 Å². The lowest BCUT2D eigenvalue weighted by molar-refractivity contribution is 0.374. The van der Waals surface area contributed by atoms with E-state index in [0.717, 1.165) is 19.3 Å². The minimum Gasteiger partial charge on any atom is -0.385 e. The van der Waals surface area contributed by atoms with Gasteiger partial charge in [0.05, 0.1) is 12.1 Å². The number of nitrogens with two attached hydrogens (primary N) is 1. The van der Waals surface area contributed by atoms with Crippen LogP contribution in [0.2, 0.25) is 0 Å². The SMILES string of the molecule is Cc1ccc(CC[C@H]2CC3OC3C(N)=N2)cc1. The second-order valence-electron chi connectivity index (χ2n) is 5.06. The van der Waals surface area contributed by atoms with Gasteiger partial charge in [-0.25, -0.2) is 0 Å². The first-order valence-corrected chi connectivity index (χ1v) is 6.26. The summed E-state index contributed by atoms with van der Waals surface area (Å²) in [4.78, 5) is 4.51. The monoisotopic (exact) mass is 230 g/mol. The normalized spacial score (nSPS) is 30.6. The average Bonchev–Trinajstić information content (AvgIpc) is 3.08. The van der Waals surface area contributed by atoms with E-state index < -0.39 is 0 Å². The van der Waals surface area contributed by atoms with Crippen LogP contribution in [0.3, 0.4) is 0 Å². The smallest absolute Gasteiger partial charge is 0.141 e. The van der Waals surface area contributed by atoms with E-state index in [1.807, 2.05) is 0 Å². The van der Waals surface area contributed by atoms with Gasteiger partial charge in [-0.15, -0.1) is 0 Å². The molecule has 2 heterocycles. The largest absolute Gasteiger partial charge is 0.385 e. The summed E-state index contributed by atoms with van der Waals surface area (Å²) >= 11 is 0. The van der Waals surface area contributed by atoms with Gasteiger partial charge in [-0.2, -0.15) is 0 Å². The number of hydrogen-bond donors (Lipinski definition) is 1. The van der Waals surface area contributed by atoms with Crippen molar-refractivity contribution in [2.24, 2.45) is 10.7 Å². The predicted octanol–water partition coefficient (Wildman–Crippen LogP) is 1.82. The number of epoxide rings is 1. The first kappa shape index (κ1) is 10.8. The lowest BCUT2D eigenvalue weighted by Crippen LogP contribution is -2.29. The van der Waals surface area contributed by atoms with Crippen molar-refractivity contribution in [3.8, 4) is 0 Å². The summed E-state index contributed by atoms with van der Waals surface area (Å²) in [6.07, 6.45) is 3.67. The molecule has 0 aliphatic carbocycles. The van der Waals surface area contributed by atoms with Crippen LogP contribution in [0.25, 0.3) is 0 Å². The Morgan fingerprint density at radius 2 is 2.12 bits per heavy atom. The van der Waals surface area contributed by atoms with E-state index in [2.05, 4.69) is 36.2 Å². The molecule has 1 aromatic rings. The summed E-state index contributed by atoms with van der Waals surface area (Å²) in [7, 11) is 0. The first-order chi connectivity index (χ1) is 8.22. The third-order valence-electron chi connectivity index (χ3n) is 3.60. The van der Waals surface area contributed by atoms with Crippen molar-refractivity contribution in [1.82, 2.24) is 0 Å². The molecule has 1 fully saturated rings. The molecule has 0 radical (unpaired) electrons. The van der Waals surface area contributed by atoms with Gasteiger partial charge < -0.3 is 10.5 Å². The van der Waals surface area contributed by atoms with Crippen LogP contribution in [-0.2, 0) is 11.2 Å². The van der Waals surface area contributed by atoms with E-state index in [1.165, 1.54) is 11.1 Å². The minimum absolute atomic E-state index is 0.144. The first-order valence-electron chi connectivity index (χ1n) is 6.26. The summed E-state index contributed by atoms with van der Waals surface area (Å²) in [5.41, 5.74) is 8.51. The molecule has 0 saturated carbocycles. The molecular formula is C14H18N2O. The van der Waals surface area contributed by atoms with Gasteiger partial charge in [-0.1, -0.05) is 29.8 Å². The molecule has 2 aliphatic heterocycles. The molecule has 0 amide bonds. The van der Waals surface area contributed by atoms with E-state index >= 15 is 0 Å². The quantitative estimate of drug-likeness (QED) is 0.805. The summed E-state index contributed by atoms with van der Waals surface area (Å²) in [5.74, 6) is 0.704. The standard InChI is InChI=1S/C14H18N2O/c1-9-2-4-10(5-3-9)6-7-11-8-12-13(17-12)14(15)16-11/h2-5,11-13H,6-8H2,1H3,(H2,15,16)/t11-,12?,13?/m0/s1. The summed E-state index contributed by atoms with van der Waals surface area (Å²) in [6.45, 7) is 2.11. The maximum Gasteiger partial charge on any atom is 0.141 e. The van der Waals surface area contributed by atoms with Crippen LogP contribution < -0.4 is 5.73 Å². The molecule has 3 heteroatoms. The number of ether oxygens (including phenoxy) is 1. The Hall–Kier alpha value is -1.35. The number of benzene rings is 1. The van der Waals surface area contributed by atoms with Crippen molar-refractivity contribution >= 4 is 5.84 Å². The van der Waals surface area contributed by atoms with Crippen molar-refractivity contribution in [2.75, 3.05) is 0 Å². The average molecular weight is 230 g/mol. The minimum atomic E-state index is 0.144. The van der Waals surface area contributed by atoms with E-state index in [9.17, 15) is 0 Å². The summed E-state index contributed by atoms with van der Waals surface area (Å²) in [6, 6.07) is 9.06. The van der Waals surface area contributed by atoms with Crippen LogP contribution in [0.15, 0.2) is 29.3 Å². The van der Waals surface area contributed by atoms with Gasteiger partial charge in [0, 0.05) is 0 Å².